The van der Waals surface area contributed by atoms with Crippen LogP contribution in [0.25, 0.3) is 0 Å². The number of rotatable bonds is 4. The zero-order chi connectivity index (χ0) is 21.7. The summed E-state index contributed by atoms with van der Waals surface area (Å²) in [6.07, 6.45) is 3.87. The summed E-state index contributed by atoms with van der Waals surface area (Å²) in [5.74, 6) is -0.461. The van der Waals surface area contributed by atoms with Gasteiger partial charge in [0.15, 0.2) is 5.11 Å². The lowest BCUT2D eigenvalue weighted by Gasteiger charge is -2.20. The Labute approximate surface area is 191 Å². The van der Waals surface area contributed by atoms with Crippen LogP contribution < -0.4 is 10.6 Å². The predicted molar refractivity (Wildman–Crippen MR) is 124 cm³/mol. The Morgan fingerprint density at radius 3 is 2.07 bits per heavy atom. The average Bonchev–Trinajstić information content (AvgIpc) is 2.97. The summed E-state index contributed by atoms with van der Waals surface area (Å²) in [5.41, 5.74) is 0.829. The van der Waals surface area contributed by atoms with E-state index in [0.717, 1.165) is 25.7 Å². The average molecular weight is 486 g/mol. The van der Waals surface area contributed by atoms with Crippen LogP contribution in [0.2, 0.25) is 10.0 Å². The molecule has 160 valence electrons. The quantitative estimate of drug-likeness (QED) is 0.614. The third-order valence-corrected chi connectivity index (χ3v) is 7.22. The van der Waals surface area contributed by atoms with Crippen LogP contribution in [0.5, 0.6) is 0 Å². The van der Waals surface area contributed by atoms with Crippen molar-refractivity contribution in [2.75, 3.05) is 18.4 Å². The van der Waals surface area contributed by atoms with Crippen molar-refractivity contribution >= 4 is 62.2 Å². The Balaban J connectivity index is 1.63. The highest BCUT2D eigenvalue weighted by atomic mass is 35.5. The van der Waals surface area contributed by atoms with Gasteiger partial charge in [-0.3, -0.25) is 10.1 Å². The molecule has 1 fully saturated rings. The summed E-state index contributed by atoms with van der Waals surface area (Å²) >= 11 is 17.0. The molecule has 2 aromatic carbocycles. The maximum absolute atomic E-state index is 12.8. The third-order valence-electron chi connectivity index (χ3n) is 4.67. The van der Waals surface area contributed by atoms with Crippen LogP contribution in [0.1, 0.15) is 36.0 Å². The first-order valence-electron chi connectivity index (χ1n) is 9.44. The first kappa shape index (κ1) is 23.0. The fraction of sp³-hybridized carbons (Fsp3) is 0.300. The highest BCUT2D eigenvalue weighted by molar-refractivity contribution is 7.89. The molecule has 2 N–H and O–H groups in total. The molecule has 2 aromatic rings. The summed E-state index contributed by atoms with van der Waals surface area (Å²) < 4.78 is 27.2. The molecule has 0 spiro atoms. The number of carbonyl (C=O) groups is 1. The number of benzene rings is 2. The molecule has 30 heavy (non-hydrogen) atoms. The van der Waals surface area contributed by atoms with Gasteiger partial charge in [-0.1, -0.05) is 36.0 Å². The predicted octanol–water partition coefficient (Wildman–Crippen LogP) is 4.68. The van der Waals surface area contributed by atoms with E-state index in [0.29, 0.717) is 28.8 Å². The van der Waals surface area contributed by atoms with Crippen molar-refractivity contribution in [2.45, 2.75) is 30.6 Å². The highest BCUT2D eigenvalue weighted by Crippen LogP contribution is 2.22. The van der Waals surface area contributed by atoms with Crippen LogP contribution >= 0.6 is 35.4 Å². The minimum atomic E-state index is -3.52. The largest absolute Gasteiger partial charge is 0.332 e. The molecule has 0 atom stereocenters. The molecule has 0 aromatic heterocycles. The van der Waals surface area contributed by atoms with E-state index in [4.69, 9.17) is 35.4 Å². The molecular formula is C20H21Cl2N3O3S2. The standard InChI is InChI=1S/C20H21Cl2N3O3S2/c21-15-11-14(12-16(22)13-15)19(26)24-20(29)23-17-5-7-18(8-6-17)30(27,28)25-9-3-1-2-4-10-25/h5-8,11-13H,1-4,9-10H2,(H2,23,24,26,29). The molecule has 1 heterocycles. The zero-order valence-corrected chi connectivity index (χ0v) is 19.2. The van der Waals surface area contributed by atoms with Crippen molar-refractivity contribution in [3.8, 4) is 0 Å². The number of halogens is 2. The molecule has 1 saturated heterocycles. The number of hydrogen-bond acceptors (Lipinski definition) is 4. The van der Waals surface area contributed by atoms with E-state index in [1.165, 1.54) is 30.3 Å². The Bertz CT molecular complexity index is 1020. The van der Waals surface area contributed by atoms with Crippen LogP contribution in [0.4, 0.5) is 5.69 Å². The molecule has 1 amide bonds. The number of nitrogens with one attached hydrogen (secondary N) is 2. The van der Waals surface area contributed by atoms with Gasteiger partial charge in [0.25, 0.3) is 5.91 Å². The summed E-state index contributed by atoms with van der Waals surface area (Å²) in [6.45, 7) is 1.10. The molecule has 6 nitrogen and oxygen atoms in total. The number of carbonyl (C=O) groups excluding carboxylic acids is 1. The minimum Gasteiger partial charge on any atom is -0.332 e. The molecule has 0 unspecified atom stereocenters. The number of sulfonamides is 1. The van der Waals surface area contributed by atoms with Gasteiger partial charge < -0.3 is 5.32 Å². The topological polar surface area (TPSA) is 78.5 Å². The van der Waals surface area contributed by atoms with Crippen molar-refractivity contribution in [2.24, 2.45) is 0 Å². The van der Waals surface area contributed by atoms with Gasteiger partial charge in [-0.15, -0.1) is 0 Å². The van der Waals surface area contributed by atoms with Crippen LogP contribution in [-0.2, 0) is 10.0 Å². The highest BCUT2D eigenvalue weighted by Gasteiger charge is 2.25. The lowest BCUT2D eigenvalue weighted by molar-refractivity contribution is 0.0977. The van der Waals surface area contributed by atoms with E-state index in [9.17, 15) is 13.2 Å². The van der Waals surface area contributed by atoms with Gasteiger partial charge in [0.05, 0.1) is 4.90 Å². The maximum atomic E-state index is 12.8. The molecule has 1 aliphatic rings. The first-order valence-corrected chi connectivity index (χ1v) is 12.0. The van der Waals surface area contributed by atoms with E-state index < -0.39 is 15.9 Å². The van der Waals surface area contributed by atoms with Gasteiger partial charge in [0.1, 0.15) is 0 Å². The second-order valence-corrected chi connectivity index (χ2v) is 10.1. The van der Waals surface area contributed by atoms with E-state index in [2.05, 4.69) is 10.6 Å². The van der Waals surface area contributed by atoms with Crippen molar-refractivity contribution < 1.29 is 13.2 Å². The fourth-order valence-electron chi connectivity index (χ4n) is 3.16. The van der Waals surface area contributed by atoms with Crippen molar-refractivity contribution in [3.63, 3.8) is 0 Å². The number of hydrogen-bond donors (Lipinski definition) is 2. The second-order valence-electron chi connectivity index (χ2n) is 6.91. The smallest absolute Gasteiger partial charge is 0.257 e. The van der Waals surface area contributed by atoms with Crippen molar-refractivity contribution in [1.82, 2.24) is 9.62 Å². The molecule has 3 rings (SSSR count). The summed E-state index contributed by atoms with van der Waals surface area (Å²) in [5, 5.41) is 6.16. The van der Waals surface area contributed by atoms with Gasteiger partial charge >= 0.3 is 0 Å². The van der Waals surface area contributed by atoms with Gasteiger partial charge in [0, 0.05) is 34.4 Å². The van der Waals surface area contributed by atoms with Gasteiger partial charge in [-0.25, -0.2) is 8.42 Å². The SMILES string of the molecule is O=C(NC(=S)Nc1ccc(S(=O)(=O)N2CCCCCC2)cc1)c1cc(Cl)cc(Cl)c1. The van der Waals surface area contributed by atoms with Crippen molar-refractivity contribution in [1.29, 1.82) is 0 Å². The maximum Gasteiger partial charge on any atom is 0.257 e. The van der Waals surface area contributed by atoms with Crippen LogP contribution in [0.3, 0.4) is 0 Å². The van der Waals surface area contributed by atoms with Crippen molar-refractivity contribution in [3.05, 3.63) is 58.1 Å². The van der Waals surface area contributed by atoms with E-state index in [1.807, 2.05) is 0 Å². The second kappa shape index (κ2) is 10.1. The number of nitrogens with zero attached hydrogens (tertiary/aromatic N) is 1. The minimum absolute atomic E-state index is 0.0687. The van der Waals surface area contributed by atoms with Gasteiger partial charge in [0.2, 0.25) is 10.0 Å². The molecule has 0 bridgehead atoms. The molecular weight excluding hydrogens is 465 g/mol. The lowest BCUT2D eigenvalue weighted by atomic mass is 10.2. The number of amides is 1. The summed E-state index contributed by atoms with van der Waals surface area (Å²) in [7, 11) is -3.52. The van der Waals surface area contributed by atoms with Gasteiger partial charge in [-0.05, 0) is 67.5 Å². The Morgan fingerprint density at radius 2 is 1.50 bits per heavy atom. The molecule has 1 aliphatic heterocycles. The summed E-state index contributed by atoms with van der Waals surface area (Å²) in [4.78, 5) is 12.5. The van der Waals surface area contributed by atoms with Crippen LogP contribution in [0, 0.1) is 0 Å². The molecule has 0 aliphatic carbocycles. The molecule has 0 saturated carbocycles. The molecule has 0 radical (unpaired) electrons. The first-order chi connectivity index (χ1) is 14.3. The van der Waals surface area contributed by atoms with E-state index >= 15 is 0 Å². The third kappa shape index (κ3) is 5.92. The Kier molecular flexibility index (Phi) is 7.70. The Hall–Kier alpha value is -1.71. The van der Waals surface area contributed by atoms with E-state index in [1.54, 1.807) is 16.4 Å². The lowest BCUT2D eigenvalue weighted by Crippen LogP contribution is -2.34. The number of thiocarbonyl (C=S) groups is 1. The Morgan fingerprint density at radius 1 is 0.933 bits per heavy atom. The summed E-state index contributed by atoms with van der Waals surface area (Å²) in [6, 6.07) is 10.8. The fourth-order valence-corrected chi connectivity index (χ4v) is 5.42. The van der Waals surface area contributed by atoms with Gasteiger partial charge in [-0.2, -0.15) is 4.31 Å². The van der Waals surface area contributed by atoms with Crippen LogP contribution in [-0.4, -0.2) is 36.8 Å². The monoisotopic (exact) mass is 485 g/mol. The normalized spacial score (nSPS) is 15.3. The van der Waals surface area contributed by atoms with E-state index in [-0.39, 0.29) is 15.6 Å². The van der Waals surface area contributed by atoms with Crippen LogP contribution in [0.15, 0.2) is 47.4 Å². The zero-order valence-electron chi connectivity index (χ0n) is 16.0. The number of anilines is 1. The molecule has 10 heteroatoms.